The topological polar surface area (TPSA) is 41.3 Å². The van der Waals surface area contributed by atoms with Gasteiger partial charge in [0.25, 0.3) is 0 Å². The lowest BCUT2D eigenvalue weighted by atomic mass is 10.1. The van der Waals surface area contributed by atoms with Crippen molar-refractivity contribution in [2.75, 3.05) is 19.6 Å². The van der Waals surface area contributed by atoms with E-state index in [2.05, 4.69) is 55.3 Å². The van der Waals surface area contributed by atoms with E-state index in [0.717, 1.165) is 26.2 Å². The van der Waals surface area contributed by atoms with Gasteiger partial charge in [0.15, 0.2) is 0 Å². The van der Waals surface area contributed by atoms with E-state index >= 15 is 0 Å². The maximum atomic E-state index is 5.63. The van der Waals surface area contributed by atoms with Crippen LogP contribution in [0.2, 0.25) is 0 Å². The maximum Gasteiger partial charge on any atom is 0.0236 e. The van der Waals surface area contributed by atoms with Crippen molar-refractivity contribution in [1.29, 1.82) is 0 Å². The summed E-state index contributed by atoms with van der Waals surface area (Å²) in [5.41, 5.74) is 8.42. The second-order valence-corrected chi connectivity index (χ2v) is 4.75. The maximum absolute atomic E-state index is 5.63. The second-order valence-electron chi connectivity index (χ2n) is 4.75. The summed E-state index contributed by atoms with van der Waals surface area (Å²) in [4.78, 5) is 2.44. The van der Waals surface area contributed by atoms with Crippen LogP contribution >= 0.6 is 0 Å². The molecule has 1 atom stereocenters. The van der Waals surface area contributed by atoms with Crippen LogP contribution in [-0.4, -0.2) is 30.6 Å². The highest BCUT2D eigenvalue weighted by Crippen LogP contribution is 2.11. The van der Waals surface area contributed by atoms with Crippen molar-refractivity contribution in [1.82, 2.24) is 10.2 Å². The number of nitrogens with zero attached hydrogens (tertiary/aromatic N) is 1. The van der Waals surface area contributed by atoms with Gasteiger partial charge in [0.2, 0.25) is 0 Å². The van der Waals surface area contributed by atoms with Gasteiger partial charge < -0.3 is 11.1 Å². The van der Waals surface area contributed by atoms with Crippen LogP contribution in [0.3, 0.4) is 0 Å². The van der Waals surface area contributed by atoms with Crippen LogP contribution in [0.4, 0.5) is 0 Å². The van der Waals surface area contributed by atoms with Crippen LogP contribution in [-0.2, 0) is 13.1 Å². The number of hydrogen-bond donors (Lipinski definition) is 2. The lowest BCUT2D eigenvalue weighted by Crippen LogP contribution is -2.33. The molecular formula is C15H27N3. The van der Waals surface area contributed by atoms with E-state index in [4.69, 9.17) is 5.73 Å². The Bertz CT molecular complexity index is 334. The van der Waals surface area contributed by atoms with Crippen LogP contribution < -0.4 is 11.1 Å². The van der Waals surface area contributed by atoms with Gasteiger partial charge in [0, 0.05) is 25.7 Å². The van der Waals surface area contributed by atoms with E-state index in [9.17, 15) is 0 Å². The van der Waals surface area contributed by atoms with Crippen molar-refractivity contribution < 1.29 is 0 Å². The Morgan fingerprint density at radius 2 is 1.78 bits per heavy atom. The second kappa shape index (κ2) is 8.25. The van der Waals surface area contributed by atoms with Gasteiger partial charge in [-0.1, -0.05) is 38.1 Å². The summed E-state index contributed by atoms with van der Waals surface area (Å²) >= 11 is 0. The zero-order chi connectivity index (χ0) is 13.4. The van der Waals surface area contributed by atoms with Crippen molar-refractivity contribution in [3.8, 4) is 0 Å². The molecule has 0 aliphatic rings. The van der Waals surface area contributed by atoms with Gasteiger partial charge in [-0.3, -0.25) is 4.90 Å². The highest BCUT2D eigenvalue weighted by atomic mass is 15.1. The molecule has 0 bridgehead atoms. The molecule has 0 heterocycles. The predicted molar refractivity (Wildman–Crippen MR) is 78.4 cm³/mol. The zero-order valence-electron chi connectivity index (χ0n) is 11.9. The first-order chi connectivity index (χ1) is 8.71. The summed E-state index contributed by atoms with van der Waals surface area (Å²) in [6.07, 6.45) is 0. The molecule has 0 amide bonds. The summed E-state index contributed by atoms with van der Waals surface area (Å²) in [6.45, 7) is 11.3. The van der Waals surface area contributed by atoms with E-state index in [1.807, 2.05) is 0 Å². The molecule has 18 heavy (non-hydrogen) atoms. The molecule has 0 fully saturated rings. The fourth-order valence-electron chi connectivity index (χ4n) is 1.94. The van der Waals surface area contributed by atoms with Gasteiger partial charge in [0.1, 0.15) is 0 Å². The molecule has 1 aromatic carbocycles. The number of benzene rings is 1. The van der Waals surface area contributed by atoms with Crippen molar-refractivity contribution in [3.05, 3.63) is 35.4 Å². The Morgan fingerprint density at radius 3 is 2.33 bits per heavy atom. The van der Waals surface area contributed by atoms with Gasteiger partial charge >= 0.3 is 0 Å². The van der Waals surface area contributed by atoms with Gasteiger partial charge in [-0.25, -0.2) is 0 Å². The molecule has 1 unspecified atom stereocenters. The van der Waals surface area contributed by atoms with E-state index in [0.29, 0.717) is 12.6 Å². The standard InChI is InChI=1S/C15H27N3/c1-4-18(5-2)12-15-9-7-6-8-14(15)11-17-13(3)10-16/h6-9,13,17H,4-5,10-12,16H2,1-3H3. The Hall–Kier alpha value is -0.900. The number of nitrogens with one attached hydrogen (secondary N) is 1. The van der Waals surface area contributed by atoms with Crippen LogP contribution in [0.5, 0.6) is 0 Å². The summed E-state index contributed by atoms with van der Waals surface area (Å²) in [5.74, 6) is 0. The predicted octanol–water partition coefficient (Wildman–Crippen LogP) is 1.97. The molecule has 3 nitrogen and oxygen atoms in total. The molecule has 0 saturated heterocycles. The Labute approximate surface area is 111 Å². The zero-order valence-corrected chi connectivity index (χ0v) is 11.9. The summed E-state index contributed by atoms with van der Waals surface area (Å²) in [7, 11) is 0. The lowest BCUT2D eigenvalue weighted by molar-refractivity contribution is 0.294. The molecule has 1 rings (SSSR count). The monoisotopic (exact) mass is 249 g/mol. The highest BCUT2D eigenvalue weighted by molar-refractivity contribution is 5.27. The number of hydrogen-bond acceptors (Lipinski definition) is 3. The lowest BCUT2D eigenvalue weighted by Gasteiger charge is -2.21. The minimum atomic E-state index is 0.367. The molecule has 3 N–H and O–H groups in total. The minimum Gasteiger partial charge on any atom is -0.329 e. The smallest absolute Gasteiger partial charge is 0.0236 e. The van der Waals surface area contributed by atoms with E-state index in [-0.39, 0.29) is 0 Å². The van der Waals surface area contributed by atoms with Crippen LogP contribution in [0.25, 0.3) is 0 Å². The average Bonchev–Trinajstić information content (AvgIpc) is 2.43. The summed E-state index contributed by atoms with van der Waals surface area (Å²) in [6, 6.07) is 9.02. The van der Waals surface area contributed by atoms with Crippen molar-refractivity contribution in [3.63, 3.8) is 0 Å². The molecule has 0 aromatic heterocycles. The van der Waals surface area contributed by atoms with Gasteiger partial charge in [-0.05, 0) is 31.1 Å². The first-order valence-corrected chi connectivity index (χ1v) is 6.93. The van der Waals surface area contributed by atoms with E-state index in [1.165, 1.54) is 11.1 Å². The highest BCUT2D eigenvalue weighted by Gasteiger charge is 2.06. The van der Waals surface area contributed by atoms with E-state index < -0.39 is 0 Å². The Balaban J connectivity index is 2.66. The van der Waals surface area contributed by atoms with Crippen LogP contribution in [0.1, 0.15) is 31.9 Å². The summed E-state index contributed by atoms with van der Waals surface area (Å²) < 4.78 is 0. The molecule has 0 aliphatic heterocycles. The molecule has 0 spiro atoms. The third kappa shape index (κ3) is 4.77. The molecule has 0 aliphatic carbocycles. The first kappa shape index (κ1) is 15.2. The SMILES string of the molecule is CCN(CC)Cc1ccccc1CNC(C)CN. The fraction of sp³-hybridized carbons (Fsp3) is 0.600. The quantitative estimate of drug-likeness (QED) is 0.740. The van der Waals surface area contributed by atoms with Crippen LogP contribution in [0.15, 0.2) is 24.3 Å². The van der Waals surface area contributed by atoms with E-state index in [1.54, 1.807) is 0 Å². The fourth-order valence-corrected chi connectivity index (χ4v) is 1.94. The normalized spacial score (nSPS) is 12.9. The Morgan fingerprint density at radius 1 is 1.17 bits per heavy atom. The van der Waals surface area contributed by atoms with Crippen molar-refractivity contribution >= 4 is 0 Å². The van der Waals surface area contributed by atoms with Gasteiger partial charge in [-0.15, -0.1) is 0 Å². The molecule has 102 valence electrons. The molecular weight excluding hydrogens is 222 g/mol. The summed E-state index contributed by atoms with van der Waals surface area (Å²) in [5, 5.41) is 3.45. The number of rotatable bonds is 8. The molecule has 3 heteroatoms. The molecule has 0 saturated carbocycles. The van der Waals surface area contributed by atoms with Crippen LogP contribution in [0, 0.1) is 0 Å². The van der Waals surface area contributed by atoms with Crippen molar-refractivity contribution in [2.45, 2.75) is 39.9 Å². The Kier molecular flexibility index (Phi) is 6.94. The molecule has 1 aromatic rings. The number of nitrogens with two attached hydrogens (primary N) is 1. The van der Waals surface area contributed by atoms with Gasteiger partial charge in [0.05, 0.1) is 0 Å². The average molecular weight is 249 g/mol. The van der Waals surface area contributed by atoms with Crippen molar-refractivity contribution in [2.24, 2.45) is 5.73 Å². The third-order valence-electron chi connectivity index (χ3n) is 3.40. The molecule has 0 radical (unpaired) electrons. The largest absolute Gasteiger partial charge is 0.329 e. The van der Waals surface area contributed by atoms with Gasteiger partial charge in [-0.2, -0.15) is 0 Å². The third-order valence-corrected chi connectivity index (χ3v) is 3.40. The minimum absolute atomic E-state index is 0.367. The first-order valence-electron chi connectivity index (χ1n) is 6.93.